The maximum atomic E-state index is 4.45. The SMILES string of the molecule is CC(C)(C)c1cnc(C(C)(C)C)cn1. The molecule has 0 aromatic carbocycles. The van der Waals surface area contributed by atoms with Gasteiger partial charge in [-0.2, -0.15) is 0 Å². The molecule has 0 bridgehead atoms. The van der Waals surface area contributed by atoms with Crippen LogP contribution in [0.1, 0.15) is 52.9 Å². The molecule has 0 N–H and O–H groups in total. The minimum absolute atomic E-state index is 0.0867. The Labute approximate surface area is 86.8 Å². The van der Waals surface area contributed by atoms with Crippen molar-refractivity contribution in [2.75, 3.05) is 0 Å². The van der Waals surface area contributed by atoms with Gasteiger partial charge in [0.15, 0.2) is 0 Å². The molecule has 1 aromatic heterocycles. The molecule has 0 unspecified atom stereocenters. The Balaban J connectivity index is 3.02. The Bertz CT molecular complexity index is 266. The topological polar surface area (TPSA) is 25.8 Å². The van der Waals surface area contributed by atoms with Crippen LogP contribution in [0.4, 0.5) is 0 Å². The van der Waals surface area contributed by atoms with E-state index in [0.717, 1.165) is 11.4 Å². The molecular formula is C12H20N2. The first-order valence-electron chi connectivity index (χ1n) is 5.04. The maximum Gasteiger partial charge on any atom is 0.0640 e. The lowest BCUT2D eigenvalue weighted by Crippen LogP contribution is -2.18. The molecule has 78 valence electrons. The molecule has 0 amide bonds. The highest BCUT2D eigenvalue weighted by Gasteiger charge is 2.19. The largest absolute Gasteiger partial charge is 0.257 e. The lowest BCUT2D eigenvalue weighted by Gasteiger charge is -2.20. The van der Waals surface area contributed by atoms with E-state index in [2.05, 4.69) is 51.5 Å². The molecule has 0 fully saturated rings. The molecule has 1 aromatic rings. The Morgan fingerprint density at radius 2 is 1.00 bits per heavy atom. The van der Waals surface area contributed by atoms with E-state index < -0.39 is 0 Å². The molecule has 0 atom stereocenters. The van der Waals surface area contributed by atoms with Crippen LogP contribution in [0.25, 0.3) is 0 Å². The summed E-state index contributed by atoms with van der Waals surface area (Å²) in [5, 5.41) is 0. The fourth-order valence-corrected chi connectivity index (χ4v) is 1.10. The van der Waals surface area contributed by atoms with Crippen LogP contribution in [0.2, 0.25) is 0 Å². The summed E-state index contributed by atoms with van der Waals surface area (Å²) in [6.45, 7) is 12.9. The molecule has 14 heavy (non-hydrogen) atoms. The summed E-state index contributed by atoms with van der Waals surface area (Å²) in [4.78, 5) is 8.91. The number of aromatic nitrogens is 2. The van der Waals surface area contributed by atoms with Gasteiger partial charge in [-0.15, -0.1) is 0 Å². The second-order valence-corrected chi connectivity index (χ2v) is 5.79. The Morgan fingerprint density at radius 1 is 0.714 bits per heavy atom. The lowest BCUT2D eigenvalue weighted by molar-refractivity contribution is 0.539. The molecule has 0 aliphatic carbocycles. The van der Waals surface area contributed by atoms with Crippen LogP contribution in [-0.2, 0) is 10.8 Å². The molecule has 2 nitrogen and oxygen atoms in total. The highest BCUT2D eigenvalue weighted by molar-refractivity contribution is 5.15. The molecule has 0 saturated carbocycles. The minimum Gasteiger partial charge on any atom is -0.257 e. The summed E-state index contributed by atoms with van der Waals surface area (Å²) in [5.41, 5.74) is 2.27. The standard InChI is InChI=1S/C12H20N2/c1-11(2,3)9-7-14-10(8-13-9)12(4,5)6/h7-8H,1-6H3. The number of hydrogen-bond acceptors (Lipinski definition) is 2. The fourth-order valence-electron chi connectivity index (χ4n) is 1.10. The van der Waals surface area contributed by atoms with Crippen LogP contribution in [0.5, 0.6) is 0 Å². The first-order chi connectivity index (χ1) is 6.21. The molecule has 0 saturated heterocycles. The van der Waals surface area contributed by atoms with Gasteiger partial charge in [0.05, 0.1) is 11.4 Å². The third-order valence-electron chi connectivity index (χ3n) is 2.19. The van der Waals surface area contributed by atoms with Crippen LogP contribution in [0.3, 0.4) is 0 Å². The van der Waals surface area contributed by atoms with Gasteiger partial charge in [0.2, 0.25) is 0 Å². The van der Waals surface area contributed by atoms with Gasteiger partial charge in [0.1, 0.15) is 0 Å². The van der Waals surface area contributed by atoms with Gasteiger partial charge in [0.25, 0.3) is 0 Å². The van der Waals surface area contributed by atoms with Crippen molar-refractivity contribution in [1.29, 1.82) is 0 Å². The van der Waals surface area contributed by atoms with E-state index in [1.54, 1.807) is 0 Å². The van der Waals surface area contributed by atoms with E-state index in [1.165, 1.54) is 0 Å². The Kier molecular flexibility index (Phi) is 2.66. The quantitative estimate of drug-likeness (QED) is 0.631. The van der Waals surface area contributed by atoms with Crippen molar-refractivity contribution >= 4 is 0 Å². The third-order valence-corrected chi connectivity index (χ3v) is 2.19. The van der Waals surface area contributed by atoms with Crippen molar-refractivity contribution in [3.05, 3.63) is 23.8 Å². The molecule has 0 aliphatic rings. The summed E-state index contributed by atoms with van der Waals surface area (Å²) in [5.74, 6) is 0. The third kappa shape index (κ3) is 2.53. The zero-order chi connectivity index (χ0) is 11.0. The molecule has 2 heteroatoms. The first kappa shape index (κ1) is 11.2. The summed E-state index contributed by atoms with van der Waals surface area (Å²) < 4.78 is 0. The van der Waals surface area contributed by atoms with Crippen molar-refractivity contribution in [3.63, 3.8) is 0 Å². The van der Waals surface area contributed by atoms with E-state index in [0.29, 0.717) is 0 Å². The Morgan fingerprint density at radius 3 is 1.14 bits per heavy atom. The second-order valence-electron chi connectivity index (χ2n) is 5.79. The van der Waals surface area contributed by atoms with Crippen molar-refractivity contribution in [1.82, 2.24) is 9.97 Å². The first-order valence-corrected chi connectivity index (χ1v) is 5.04. The van der Waals surface area contributed by atoms with E-state index in [4.69, 9.17) is 0 Å². The predicted molar refractivity (Wildman–Crippen MR) is 59.4 cm³/mol. The van der Waals surface area contributed by atoms with Crippen molar-refractivity contribution in [2.24, 2.45) is 0 Å². The molecule has 0 aliphatic heterocycles. The molecule has 1 heterocycles. The Hall–Kier alpha value is -0.920. The van der Waals surface area contributed by atoms with Crippen molar-refractivity contribution < 1.29 is 0 Å². The van der Waals surface area contributed by atoms with Crippen molar-refractivity contribution in [3.8, 4) is 0 Å². The van der Waals surface area contributed by atoms with Crippen LogP contribution in [0.15, 0.2) is 12.4 Å². The van der Waals surface area contributed by atoms with Gasteiger partial charge in [0, 0.05) is 23.2 Å². The lowest BCUT2D eigenvalue weighted by atomic mass is 9.90. The van der Waals surface area contributed by atoms with E-state index in [-0.39, 0.29) is 10.8 Å². The number of rotatable bonds is 0. The fraction of sp³-hybridized carbons (Fsp3) is 0.667. The highest BCUT2D eigenvalue weighted by atomic mass is 14.8. The number of nitrogens with zero attached hydrogens (tertiary/aromatic N) is 2. The van der Waals surface area contributed by atoms with Gasteiger partial charge in [-0.25, -0.2) is 0 Å². The summed E-state index contributed by atoms with van der Waals surface area (Å²) in [6.07, 6.45) is 3.78. The minimum atomic E-state index is 0.0867. The summed E-state index contributed by atoms with van der Waals surface area (Å²) in [7, 11) is 0. The maximum absolute atomic E-state index is 4.45. The van der Waals surface area contributed by atoms with Crippen LogP contribution in [0, 0.1) is 0 Å². The van der Waals surface area contributed by atoms with Crippen molar-refractivity contribution in [2.45, 2.75) is 52.4 Å². The zero-order valence-corrected chi connectivity index (χ0v) is 10.0. The normalized spacial score (nSPS) is 13.0. The number of hydrogen-bond donors (Lipinski definition) is 0. The van der Waals surface area contributed by atoms with Gasteiger partial charge < -0.3 is 0 Å². The average molecular weight is 192 g/mol. The van der Waals surface area contributed by atoms with E-state index in [9.17, 15) is 0 Å². The van der Waals surface area contributed by atoms with Crippen LogP contribution >= 0.6 is 0 Å². The average Bonchev–Trinajstić information content (AvgIpc) is 2.01. The van der Waals surface area contributed by atoms with Gasteiger partial charge in [-0.1, -0.05) is 41.5 Å². The van der Waals surface area contributed by atoms with E-state index >= 15 is 0 Å². The molecule has 1 rings (SSSR count). The summed E-state index contributed by atoms with van der Waals surface area (Å²) in [6, 6.07) is 0. The predicted octanol–water partition coefficient (Wildman–Crippen LogP) is 3.07. The van der Waals surface area contributed by atoms with Gasteiger partial charge in [-0.3, -0.25) is 9.97 Å². The zero-order valence-electron chi connectivity index (χ0n) is 10.0. The molecule has 0 radical (unpaired) electrons. The smallest absolute Gasteiger partial charge is 0.0640 e. The van der Waals surface area contributed by atoms with Gasteiger partial charge >= 0.3 is 0 Å². The highest BCUT2D eigenvalue weighted by Crippen LogP contribution is 2.22. The second kappa shape index (κ2) is 3.34. The molecular weight excluding hydrogens is 172 g/mol. The van der Waals surface area contributed by atoms with Gasteiger partial charge in [-0.05, 0) is 0 Å². The van der Waals surface area contributed by atoms with E-state index in [1.807, 2.05) is 12.4 Å². The van der Waals surface area contributed by atoms with Crippen LogP contribution < -0.4 is 0 Å². The molecule has 0 spiro atoms. The van der Waals surface area contributed by atoms with Crippen LogP contribution in [-0.4, -0.2) is 9.97 Å². The summed E-state index contributed by atoms with van der Waals surface area (Å²) >= 11 is 0. The monoisotopic (exact) mass is 192 g/mol.